The van der Waals surface area contributed by atoms with Crippen molar-refractivity contribution >= 4 is 23.1 Å². The van der Waals surface area contributed by atoms with Gasteiger partial charge in [0.25, 0.3) is 5.91 Å². The minimum atomic E-state index is -0.202. The molecule has 1 aromatic rings. The van der Waals surface area contributed by atoms with Crippen LogP contribution in [0.3, 0.4) is 0 Å². The van der Waals surface area contributed by atoms with Gasteiger partial charge in [-0.3, -0.25) is 4.79 Å². The molecule has 6 heteroatoms. The third-order valence-electron chi connectivity index (χ3n) is 2.74. The fourth-order valence-corrected chi connectivity index (χ4v) is 1.84. The molecule has 5 nitrogen and oxygen atoms in total. The number of para-hydroxylation sites is 1. The van der Waals surface area contributed by atoms with Gasteiger partial charge in [0.15, 0.2) is 6.61 Å². The molecule has 0 aliphatic carbocycles. The van der Waals surface area contributed by atoms with Gasteiger partial charge in [0, 0.05) is 7.11 Å². The summed E-state index contributed by atoms with van der Waals surface area (Å²) in [5.41, 5.74) is 6.22. The quantitative estimate of drug-likeness (QED) is 0.706. The Morgan fingerprint density at radius 1 is 1.45 bits per heavy atom. The Morgan fingerprint density at radius 2 is 2.15 bits per heavy atom. The lowest BCUT2D eigenvalue weighted by Crippen LogP contribution is -2.40. The van der Waals surface area contributed by atoms with E-state index in [4.69, 9.17) is 27.4 Å². The van der Waals surface area contributed by atoms with Crippen LogP contribution >= 0.6 is 12.2 Å². The maximum absolute atomic E-state index is 11.8. The maximum Gasteiger partial charge on any atom is 0.258 e. The van der Waals surface area contributed by atoms with Crippen LogP contribution in [0.1, 0.15) is 18.9 Å². The molecule has 20 heavy (non-hydrogen) atoms. The van der Waals surface area contributed by atoms with E-state index in [1.807, 2.05) is 13.0 Å². The molecule has 0 bridgehead atoms. The summed E-state index contributed by atoms with van der Waals surface area (Å²) in [6.45, 7) is 2.37. The minimum Gasteiger partial charge on any atom is -0.483 e. The van der Waals surface area contributed by atoms with E-state index < -0.39 is 0 Å². The number of methoxy groups -OCH3 is 1. The van der Waals surface area contributed by atoms with E-state index >= 15 is 0 Å². The van der Waals surface area contributed by atoms with Crippen LogP contribution in [-0.2, 0) is 9.53 Å². The number of hydrogen-bond donors (Lipinski definition) is 2. The molecule has 3 N–H and O–H groups in total. The predicted octanol–water partition coefficient (Wildman–Crippen LogP) is 1.24. The largest absolute Gasteiger partial charge is 0.483 e. The van der Waals surface area contributed by atoms with E-state index in [1.54, 1.807) is 25.3 Å². The average Bonchev–Trinajstić information content (AvgIpc) is 2.44. The monoisotopic (exact) mass is 296 g/mol. The highest BCUT2D eigenvalue weighted by Gasteiger charge is 2.12. The summed E-state index contributed by atoms with van der Waals surface area (Å²) in [4.78, 5) is 12.0. The second kappa shape index (κ2) is 8.50. The van der Waals surface area contributed by atoms with Crippen molar-refractivity contribution in [3.63, 3.8) is 0 Å². The summed E-state index contributed by atoms with van der Waals surface area (Å²) in [7, 11) is 1.60. The number of rotatable bonds is 8. The Bertz CT molecular complexity index is 465. The highest BCUT2D eigenvalue weighted by atomic mass is 32.1. The zero-order chi connectivity index (χ0) is 15.0. The van der Waals surface area contributed by atoms with Crippen LogP contribution in [-0.4, -0.2) is 37.3 Å². The van der Waals surface area contributed by atoms with Gasteiger partial charge < -0.3 is 20.5 Å². The van der Waals surface area contributed by atoms with Gasteiger partial charge in [-0.1, -0.05) is 31.3 Å². The fourth-order valence-electron chi connectivity index (χ4n) is 1.67. The lowest BCUT2D eigenvalue weighted by atomic mass is 10.2. The van der Waals surface area contributed by atoms with E-state index in [0.717, 1.165) is 6.42 Å². The molecule has 0 spiro atoms. The standard InChI is InChI=1S/C14H20N2O3S/c1-3-10(8-18-2)16-13(17)9-19-12-7-5-4-6-11(12)14(15)20/h4-7,10H,3,8-9H2,1-2H3,(H2,15,20)(H,16,17). The Kier molecular flexibility index (Phi) is 6.97. The summed E-state index contributed by atoms with van der Waals surface area (Å²) < 4.78 is 10.5. The van der Waals surface area contributed by atoms with Gasteiger partial charge in [-0.2, -0.15) is 0 Å². The number of nitrogens with one attached hydrogen (secondary N) is 1. The third-order valence-corrected chi connectivity index (χ3v) is 2.96. The fraction of sp³-hybridized carbons (Fsp3) is 0.429. The molecule has 0 aliphatic heterocycles. The molecule has 110 valence electrons. The highest BCUT2D eigenvalue weighted by molar-refractivity contribution is 7.80. The summed E-state index contributed by atoms with van der Waals surface area (Å²) in [6.07, 6.45) is 0.795. The van der Waals surface area contributed by atoms with Gasteiger partial charge >= 0.3 is 0 Å². The number of thiocarbonyl (C=S) groups is 1. The number of benzene rings is 1. The first kappa shape index (κ1) is 16.4. The van der Waals surface area contributed by atoms with Crippen molar-refractivity contribution in [3.05, 3.63) is 29.8 Å². The first-order valence-corrected chi connectivity index (χ1v) is 6.79. The summed E-state index contributed by atoms with van der Waals surface area (Å²) in [5.74, 6) is 0.307. The van der Waals surface area contributed by atoms with Crippen LogP contribution in [0.15, 0.2) is 24.3 Å². The van der Waals surface area contributed by atoms with E-state index in [0.29, 0.717) is 17.9 Å². The summed E-state index contributed by atoms with van der Waals surface area (Å²) in [6, 6.07) is 7.09. The van der Waals surface area contributed by atoms with Crippen molar-refractivity contribution < 1.29 is 14.3 Å². The first-order chi connectivity index (χ1) is 9.58. The summed E-state index contributed by atoms with van der Waals surface area (Å²) in [5, 5.41) is 2.83. The van der Waals surface area contributed by atoms with E-state index in [2.05, 4.69) is 5.32 Å². The zero-order valence-electron chi connectivity index (χ0n) is 11.7. The lowest BCUT2D eigenvalue weighted by molar-refractivity contribution is -0.124. The molecule has 0 heterocycles. The average molecular weight is 296 g/mol. The smallest absolute Gasteiger partial charge is 0.258 e. The van der Waals surface area contributed by atoms with Crippen molar-refractivity contribution in [2.24, 2.45) is 5.73 Å². The minimum absolute atomic E-state index is 0.0121. The van der Waals surface area contributed by atoms with Gasteiger partial charge in [-0.15, -0.1) is 0 Å². The molecule has 1 atom stereocenters. The molecule has 1 unspecified atom stereocenters. The zero-order valence-corrected chi connectivity index (χ0v) is 12.5. The van der Waals surface area contributed by atoms with E-state index in [9.17, 15) is 4.79 Å². The van der Waals surface area contributed by atoms with Crippen molar-refractivity contribution in [2.75, 3.05) is 20.3 Å². The van der Waals surface area contributed by atoms with Crippen LogP contribution in [0.4, 0.5) is 0 Å². The number of hydrogen-bond acceptors (Lipinski definition) is 4. The highest BCUT2D eigenvalue weighted by Crippen LogP contribution is 2.17. The predicted molar refractivity (Wildman–Crippen MR) is 81.9 cm³/mol. The molecule has 0 saturated carbocycles. The Morgan fingerprint density at radius 3 is 2.75 bits per heavy atom. The number of ether oxygens (including phenoxy) is 2. The normalized spacial score (nSPS) is 11.7. The first-order valence-electron chi connectivity index (χ1n) is 6.38. The molecule has 1 amide bonds. The second-order valence-electron chi connectivity index (χ2n) is 4.28. The molecule has 1 rings (SSSR count). The van der Waals surface area contributed by atoms with E-state index in [1.165, 1.54) is 0 Å². The van der Waals surface area contributed by atoms with Crippen molar-refractivity contribution in [1.29, 1.82) is 0 Å². The molecular weight excluding hydrogens is 276 g/mol. The number of amides is 1. The van der Waals surface area contributed by atoms with Crippen LogP contribution in [0.2, 0.25) is 0 Å². The Balaban J connectivity index is 2.55. The lowest BCUT2D eigenvalue weighted by Gasteiger charge is -2.16. The van der Waals surface area contributed by atoms with Gasteiger partial charge in [0.05, 0.1) is 18.2 Å². The Hall–Kier alpha value is -1.66. The molecule has 0 aliphatic rings. The number of carbonyl (C=O) groups is 1. The number of nitrogens with two attached hydrogens (primary N) is 1. The van der Waals surface area contributed by atoms with Gasteiger partial charge in [0.2, 0.25) is 0 Å². The van der Waals surface area contributed by atoms with Gasteiger partial charge in [-0.05, 0) is 18.6 Å². The molecule has 0 radical (unpaired) electrons. The molecule has 1 aromatic carbocycles. The van der Waals surface area contributed by atoms with E-state index in [-0.39, 0.29) is 23.5 Å². The molecule has 0 fully saturated rings. The van der Waals surface area contributed by atoms with Crippen LogP contribution < -0.4 is 15.8 Å². The van der Waals surface area contributed by atoms with Crippen LogP contribution in [0.25, 0.3) is 0 Å². The van der Waals surface area contributed by atoms with Crippen molar-refractivity contribution in [2.45, 2.75) is 19.4 Å². The third kappa shape index (κ3) is 5.14. The molecular formula is C14H20N2O3S. The molecule has 0 saturated heterocycles. The topological polar surface area (TPSA) is 73.6 Å². The number of carbonyl (C=O) groups excluding carboxylic acids is 1. The van der Waals surface area contributed by atoms with Crippen molar-refractivity contribution in [3.8, 4) is 5.75 Å². The second-order valence-corrected chi connectivity index (χ2v) is 4.72. The van der Waals surface area contributed by atoms with Crippen LogP contribution in [0, 0.1) is 0 Å². The SMILES string of the molecule is CCC(COC)NC(=O)COc1ccccc1C(N)=S. The maximum atomic E-state index is 11.8. The van der Waals surface area contributed by atoms with Gasteiger partial charge in [-0.25, -0.2) is 0 Å². The Labute approximate surface area is 124 Å². The summed E-state index contributed by atoms with van der Waals surface area (Å²) >= 11 is 4.93. The van der Waals surface area contributed by atoms with Crippen LogP contribution in [0.5, 0.6) is 5.75 Å². The van der Waals surface area contributed by atoms with Crippen molar-refractivity contribution in [1.82, 2.24) is 5.32 Å². The van der Waals surface area contributed by atoms with Gasteiger partial charge in [0.1, 0.15) is 10.7 Å². The molecule has 0 aromatic heterocycles.